The number of para-hydroxylation sites is 2. The Kier molecular flexibility index (Phi) is 6.13. The number of amides is 1. The van der Waals surface area contributed by atoms with Crippen LogP contribution in [-0.4, -0.2) is 44.9 Å². The number of nitrogens with zero attached hydrogens (tertiary/aromatic N) is 4. The van der Waals surface area contributed by atoms with Gasteiger partial charge >= 0.3 is 0 Å². The Balaban J connectivity index is 0.00000210. The van der Waals surface area contributed by atoms with Crippen LogP contribution < -0.4 is 10.6 Å². The number of carbonyl (C=O) groups is 1. The maximum Gasteiger partial charge on any atom is 0.271 e. The maximum atomic E-state index is 12.4. The summed E-state index contributed by atoms with van der Waals surface area (Å²) in [5.41, 5.74) is 2.55. The van der Waals surface area contributed by atoms with Gasteiger partial charge in [0.05, 0.1) is 17.1 Å². The van der Waals surface area contributed by atoms with E-state index < -0.39 is 0 Å². The fraction of sp³-hybridized carbons (Fsp3) is 0.421. The predicted molar refractivity (Wildman–Crippen MR) is 107 cm³/mol. The summed E-state index contributed by atoms with van der Waals surface area (Å²) in [4.78, 5) is 16.9. The summed E-state index contributed by atoms with van der Waals surface area (Å²) in [5, 5.41) is 10.8. The molecule has 1 unspecified atom stereocenters. The molecule has 27 heavy (non-hydrogen) atoms. The van der Waals surface area contributed by atoms with Gasteiger partial charge in [-0.3, -0.25) is 9.48 Å². The van der Waals surface area contributed by atoms with Crippen molar-refractivity contribution in [1.82, 2.24) is 30.0 Å². The number of fused-ring (bicyclic) bond motifs is 1. The Hall–Kier alpha value is -2.38. The molecule has 1 aliphatic rings. The van der Waals surface area contributed by atoms with Crippen molar-refractivity contribution in [3.05, 3.63) is 48.0 Å². The van der Waals surface area contributed by atoms with Crippen molar-refractivity contribution in [2.45, 2.75) is 32.4 Å². The molecule has 8 heteroatoms. The average molecular weight is 389 g/mol. The number of benzene rings is 1. The Morgan fingerprint density at radius 2 is 2.19 bits per heavy atom. The Bertz CT molecular complexity index is 912. The van der Waals surface area contributed by atoms with Crippen molar-refractivity contribution in [1.29, 1.82) is 0 Å². The molecule has 2 aromatic heterocycles. The van der Waals surface area contributed by atoms with Gasteiger partial charge in [-0.2, -0.15) is 5.10 Å². The number of aryl methyl sites for hydroxylation is 1. The zero-order valence-electron chi connectivity index (χ0n) is 15.4. The first-order chi connectivity index (χ1) is 12.7. The maximum absolute atomic E-state index is 12.4. The number of nitrogens with one attached hydrogen (secondary N) is 2. The van der Waals surface area contributed by atoms with Gasteiger partial charge < -0.3 is 15.2 Å². The zero-order valence-corrected chi connectivity index (χ0v) is 16.2. The van der Waals surface area contributed by atoms with Gasteiger partial charge in [-0.25, -0.2) is 4.98 Å². The van der Waals surface area contributed by atoms with Gasteiger partial charge in [0.25, 0.3) is 5.91 Å². The molecule has 0 saturated carbocycles. The summed E-state index contributed by atoms with van der Waals surface area (Å²) in [6.45, 7) is 5.19. The van der Waals surface area contributed by atoms with E-state index in [1.54, 1.807) is 6.07 Å². The number of piperidine rings is 1. The highest BCUT2D eigenvalue weighted by Crippen LogP contribution is 2.16. The van der Waals surface area contributed by atoms with E-state index in [9.17, 15) is 4.79 Å². The molecule has 4 rings (SSSR count). The van der Waals surface area contributed by atoms with E-state index >= 15 is 0 Å². The topological polar surface area (TPSA) is 76.8 Å². The van der Waals surface area contributed by atoms with Crippen LogP contribution in [0.25, 0.3) is 11.0 Å². The number of rotatable bonds is 5. The molecule has 0 aliphatic carbocycles. The largest absolute Gasteiger partial charge is 0.349 e. The van der Waals surface area contributed by atoms with Crippen molar-refractivity contribution in [3.63, 3.8) is 0 Å². The number of hydrogen-bond donors (Lipinski definition) is 2. The third-order valence-corrected chi connectivity index (χ3v) is 4.95. The second-order valence-electron chi connectivity index (χ2n) is 6.74. The summed E-state index contributed by atoms with van der Waals surface area (Å²) in [6, 6.07) is 10.2. The van der Waals surface area contributed by atoms with Gasteiger partial charge in [0.1, 0.15) is 11.5 Å². The summed E-state index contributed by atoms with van der Waals surface area (Å²) >= 11 is 0. The molecule has 2 N–H and O–H groups in total. The molecule has 144 valence electrons. The summed E-state index contributed by atoms with van der Waals surface area (Å²) in [6.07, 6.45) is 4.15. The van der Waals surface area contributed by atoms with Crippen LogP contribution in [0.2, 0.25) is 0 Å². The minimum Gasteiger partial charge on any atom is -0.349 e. The van der Waals surface area contributed by atoms with Crippen LogP contribution >= 0.6 is 12.4 Å². The van der Waals surface area contributed by atoms with Crippen molar-refractivity contribution in [3.8, 4) is 0 Å². The molecule has 3 heterocycles. The zero-order chi connectivity index (χ0) is 17.9. The van der Waals surface area contributed by atoms with Crippen LogP contribution in [-0.2, 0) is 6.54 Å². The smallest absolute Gasteiger partial charge is 0.271 e. The Labute approximate surface area is 164 Å². The second kappa shape index (κ2) is 8.54. The highest BCUT2D eigenvalue weighted by molar-refractivity contribution is 5.92. The highest BCUT2D eigenvalue weighted by Gasteiger charge is 2.17. The quantitative estimate of drug-likeness (QED) is 0.703. The third kappa shape index (κ3) is 4.14. The van der Waals surface area contributed by atoms with Gasteiger partial charge in [0.2, 0.25) is 0 Å². The van der Waals surface area contributed by atoms with E-state index in [2.05, 4.69) is 31.3 Å². The van der Waals surface area contributed by atoms with Crippen molar-refractivity contribution in [2.75, 3.05) is 19.6 Å². The second-order valence-corrected chi connectivity index (χ2v) is 6.74. The fourth-order valence-corrected chi connectivity index (χ4v) is 3.57. The van der Waals surface area contributed by atoms with Gasteiger partial charge in [-0.15, -0.1) is 12.4 Å². The van der Waals surface area contributed by atoms with Gasteiger partial charge in [0, 0.05) is 25.8 Å². The molecule has 1 saturated heterocycles. The monoisotopic (exact) mass is 388 g/mol. The van der Waals surface area contributed by atoms with Gasteiger partial charge in [0.15, 0.2) is 0 Å². The molecule has 1 atom stereocenters. The van der Waals surface area contributed by atoms with Crippen LogP contribution in [0.3, 0.4) is 0 Å². The number of imidazole rings is 1. The van der Waals surface area contributed by atoms with E-state index in [1.807, 2.05) is 36.0 Å². The lowest BCUT2D eigenvalue weighted by Gasteiger charge is -2.22. The SMILES string of the molecule is Cc1nc2ccccc2n1CCNC(=O)c1ccn(C2CCCNC2)n1.Cl. The standard InChI is InChI=1S/C19H24N6O.ClH/c1-14-22-16-6-2-3-7-18(16)24(14)12-10-21-19(26)17-8-11-25(23-17)15-5-4-9-20-13-15;/h2-3,6-8,11,15,20H,4-5,9-10,12-13H2,1H3,(H,21,26);1H. The molecular weight excluding hydrogens is 364 g/mol. The summed E-state index contributed by atoms with van der Waals surface area (Å²) in [5.74, 6) is 0.823. The molecule has 0 spiro atoms. The van der Waals surface area contributed by atoms with Crippen LogP contribution in [0.15, 0.2) is 36.5 Å². The molecule has 7 nitrogen and oxygen atoms in total. The van der Waals surface area contributed by atoms with E-state index in [0.29, 0.717) is 24.8 Å². The highest BCUT2D eigenvalue weighted by atomic mass is 35.5. The average Bonchev–Trinajstić information content (AvgIpc) is 3.28. The number of halogens is 1. The molecule has 1 fully saturated rings. The van der Waals surface area contributed by atoms with E-state index in [0.717, 1.165) is 42.8 Å². The third-order valence-electron chi connectivity index (χ3n) is 4.95. The van der Waals surface area contributed by atoms with Crippen LogP contribution in [0.1, 0.15) is 35.2 Å². The van der Waals surface area contributed by atoms with Crippen molar-refractivity contribution in [2.24, 2.45) is 0 Å². The number of carbonyl (C=O) groups excluding carboxylic acids is 1. The van der Waals surface area contributed by atoms with Crippen molar-refractivity contribution < 1.29 is 4.79 Å². The van der Waals surface area contributed by atoms with Crippen LogP contribution in [0, 0.1) is 6.92 Å². The lowest BCUT2D eigenvalue weighted by molar-refractivity contribution is 0.0946. The lowest BCUT2D eigenvalue weighted by Crippen LogP contribution is -2.32. The van der Waals surface area contributed by atoms with E-state index in [4.69, 9.17) is 0 Å². The normalized spacial score (nSPS) is 16.9. The molecule has 1 aliphatic heterocycles. The van der Waals surface area contributed by atoms with Crippen molar-refractivity contribution >= 4 is 29.3 Å². The van der Waals surface area contributed by atoms with E-state index in [-0.39, 0.29) is 18.3 Å². The first-order valence-corrected chi connectivity index (χ1v) is 9.18. The van der Waals surface area contributed by atoms with Crippen LogP contribution in [0.4, 0.5) is 0 Å². The number of aromatic nitrogens is 4. The first-order valence-electron chi connectivity index (χ1n) is 9.18. The predicted octanol–water partition coefficient (Wildman–Crippen LogP) is 2.32. The molecule has 0 bridgehead atoms. The number of hydrogen-bond acceptors (Lipinski definition) is 4. The Morgan fingerprint density at radius 1 is 1.33 bits per heavy atom. The van der Waals surface area contributed by atoms with E-state index in [1.165, 1.54) is 0 Å². The Morgan fingerprint density at radius 3 is 3.00 bits per heavy atom. The molecular formula is C19H25ClN6O. The van der Waals surface area contributed by atoms with Crippen LogP contribution in [0.5, 0.6) is 0 Å². The minimum atomic E-state index is -0.130. The fourth-order valence-electron chi connectivity index (χ4n) is 3.57. The summed E-state index contributed by atoms with van der Waals surface area (Å²) in [7, 11) is 0. The lowest BCUT2D eigenvalue weighted by atomic mass is 10.1. The molecule has 1 aromatic carbocycles. The van der Waals surface area contributed by atoms with Gasteiger partial charge in [-0.05, 0) is 44.5 Å². The molecule has 0 radical (unpaired) electrons. The van der Waals surface area contributed by atoms with Gasteiger partial charge in [-0.1, -0.05) is 12.1 Å². The minimum absolute atomic E-state index is 0. The summed E-state index contributed by atoms with van der Waals surface area (Å²) < 4.78 is 4.04. The first kappa shape index (κ1) is 19.4. The molecule has 3 aromatic rings. The molecule has 1 amide bonds.